The molecule has 100 valence electrons. The molecule has 2 heterocycles. The molecule has 0 aromatic carbocycles. The number of nitrogens with zero attached hydrogens (tertiary/aromatic N) is 2. The van der Waals surface area contributed by atoms with Crippen LogP contribution in [0.5, 0.6) is 0 Å². The maximum atomic E-state index is 10.3. The van der Waals surface area contributed by atoms with E-state index in [-0.39, 0.29) is 0 Å². The van der Waals surface area contributed by atoms with Gasteiger partial charge in [0.15, 0.2) is 0 Å². The first-order valence-corrected chi connectivity index (χ1v) is 6.88. The van der Waals surface area contributed by atoms with Crippen molar-refractivity contribution >= 4 is 0 Å². The van der Waals surface area contributed by atoms with E-state index in [4.69, 9.17) is 0 Å². The number of rotatable bonds is 4. The quantitative estimate of drug-likeness (QED) is 0.726. The first kappa shape index (κ1) is 13.3. The lowest BCUT2D eigenvalue weighted by molar-refractivity contribution is -0.0341. The summed E-state index contributed by atoms with van der Waals surface area (Å²) >= 11 is 0. The number of aliphatic hydroxyl groups is 1. The highest BCUT2D eigenvalue weighted by Gasteiger charge is 2.32. The summed E-state index contributed by atoms with van der Waals surface area (Å²) in [6, 6.07) is 0.766. The maximum Gasteiger partial charge on any atom is 0.0768 e. The second kappa shape index (κ2) is 5.22. The lowest BCUT2D eigenvalue weighted by atomic mass is 9.92. The molecule has 2 saturated heterocycles. The Bertz CT molecular complexity index is 243. The summed E-state index contributed by atoms with van der Waals surface area (Å²) in [4.78, 5) is 4.99. The molecule has 0 radical (unpaired) electrons. The van der Waals surface area contributed by atoms with Gasteiger partial charge in [-0.3, -0.25) is 9.80 Å². The number of nitrogens with one attached hydrogen (secondary N) is 1. The fourth-order valence-corrected chi connectivity index (χ4v) is 2.45. The van der Waals surface area contributed by atoms with Crippen LogP contribution in [0.1, 0.15) is 20.8 Å². The molecule has 0 aromatic rings. The minimum absolute atomic E-state index is 0.316. The van der Waals surface area contributed by atoms with E-state index in [2.05, 4.69) is 29.0 Å². The van der Waals surface area contributed by atoms with Gasteiger partial charge in [0.2, 0.25) is 0 Å². The van der Waals surface area contributed by atoms with Gasteiger partial charge in [-0.05, 0) is 12.8 Å². The van der Waals surface area contributed by atoms with Crippen LogP contribution in [-0.4, -0.2) is 72.4 Å². The van der Waals surface area contributed by atoms with Gasteiger partial charge in [-0.25, -0.2) is 0 Å². The van der Waals surface area contributed by atoms with Gasteiger partial charge < -0.3 is 10.4 Å². The minimum atomic E-state index is -0.555. The highest BCUT2D eigenvalue weighted by Crippen LogP contribution is 2.19. The molecule has 2 aliphatic rings. The molecule has 0 amide bonds. The van der Waals surface area contributed by atoms with Crippen molar-refractivity contribution in [1.82, 2.24) is 15.1 Å². The maximum absolute atomic E-state index is 10.3. The smallest absolute Gasteiger partial charge is 0.0768 e. The molecule has 0 aliphatic carbocycles. The van der Waals surface area contributed by atoms with Crippen molar-refractivity contribution in [2.75, 3.05) is 45.8 Å². The molecule has 0 bridgehead atoms. The first-order valence-electron chi connectivity index (χ1n) is 6.88. The average Bonchev–Trinajstić information content (AvgIpc) is 2.17. The number of β-amino-alcohol motifs (C(OH)–C–C–N with tert-alkyl or cyclic N) is 1. The van der Waals surface area contributed by atoms with Crippen molar-refractivity contribution in [3.05, 3.63) is 0 Å². The van der Waals surface area contributed by atoms with Crippen molar-refractivity contribution in [2.24, 2.45) is 5.92 Å². The Balaban J connectivity index is 1.75. The third kappa shape index (κ3) is 3.19. The summed E-state index contributed by atoms with van der Waals surface area (Å²) in [7, 11) is 0. The molecule has 2 fully saturated rings. The Hall–Kier alpha value is -0.160. The van der Waals surface area contributed by atoms with E-state index < -0.39 is 5.60 Å². The standard InChI is InChI=1S/C13H27N3O/c1-11(2)13(3,17)10-15-4-6-16(7-5-15)12-8-14-9-12/h11-12,14,17H,4-10H2,1-3H3. The molecule has 4 heteroatoms. The fourth-order valence-electron chi connectivity index (χ4n) is 2.45. The van der Waals surface area contributed by atoms with E-state index in [0.29, 0.717) is 5.92 Å². The zero-order chi connectivity index (χ0) is 12.5. The Morgan fingerprint density at radius 1 is 1.24 bits per heavy atom. The molecule has 4 nitrogen and oxygen atoms in total. The van der Waals surface area contributed by atoms with E-state index in [1.165, 1.54) is 0 Å². The predicted molar refractivity (Wildman–Crippen MR) is 70.1 cm³/mol. The first-order chi connectivity index (χ1) is 7.99. The third-order valence-corrected chi connectivity index (χ3v) is 4.47. The number of hydrogen-bond acceptors (Lipinski definition) is 4. The van der Waals surface area contributed by atoms with Gasteiger partial charge in [0.25, 0.3) is 0 Å². The van der Waals surface area contributed by atoms with Crippen molar-refractivity contribution in [1.29, 1.82) is 0 Å². The van der Waals surface area contributed by atoms with Gasteiger partial charge in [-0.1, -0.05) is 13.8 Å². The van der Waals surface area contributed by atoms with Crippen molar-refractivity contribution in [3.63, 3.8) is 0 Å². The highest BCUT2D eigenvalue weighted by molar-refractivity contribution is 4.89. The zero-order valence-corrected chi connectivity index (χ0v) is 11.4. The van der Waals surface area contributed by atoms with E-state index in [9.17, 15) is 5.11 Å². The summed E-state index contributed by atoms with van der Waals surface area (Å²) in [6.45, 7) is 13.8. The molecule has 0 spiro atoms. The van der Waals surface area contributed by atoms with Gasteiger partial charge in [0.05, 0.1) is 5.60 Å². The Morgan fingerprint density at radius 2 is 1.82 bits per heavy atom. The topological polar surface area (TPSA) is 38.7 Å². The summed E-state index contributed by atoms with van der Waals surface area (Å²) in [6.07, 6.45) is 0. The summed E-state index contributed by atoms with van der Waals surface area (Å²) in [5.74, 6) is 0.316. The largest absolute Gasteiger partial charge is 0.389 e. The molecule has 0 saturated carbocycles. The summed E-state index contributed by atoms with van der Waals surface area (Å²) < 4.78 is 0. The van der Waals surface area contributed by atoms with Crippen LogP contribution in [0.4, 0.5) is 0 Å². The molecule has 17 heavy (non-hydrogen) atoms. The number of hydrogen-bond donors (Lipinski definition) is 2. The molecule has 2 N–H and O–H groups in total. The van der Waals surface area contributed by atoms with Crippen LogP contribution in [0.25, 0.3) is 0 Å². The van der Waals surface area contributed by atoms with E-state index in [1.54, 1.807) is 0 Å². The van der Waals surface area contributed by atoms with Gasteiger partial charge in [-0.2, -0.15) is 0 Å². The van der Waals surface area contributed by atoms with Gasteiger partial charge in [-0.15, -0.1) is 0 Å². The van der Waals surface area contributed by atoms with Crippen LogP contribution in [0, 0.1) is 5.92 Å². The minimum Gasteiger partial charge on any atom is -0.389 e. The second-order valence-corrected chi connectivity index (χ2v) is 6.14. The Morgan fingerprint density at radius 3 is 2.24 bits per heavy atom. The van der Waals surface area contributed by atoms with Gasteiger partial charge in [0.1, 0.15) is 0 Å². The summed E-state index contributed by atoms with van der Waals surface area (Å²) in [5, 5.41) is 13.6. The normalized spacial score (nSPS) is 28.1. The van der Waals surface area contributed by atoms with Crippen LogP contribution in [0.2, 0.25) is 0 Å². The monoisotopic (exact) mass is 241 g/mol. The molecular formula is C13H27N3O. The third-order valence-electron chi connectivity index (χ3n) is 4.47. The van der Waals surface area contributed by atoms with Crippen LogP contribution < -0.4 is 5.32 Å². The Labute approximate surface area is 105 Å². The lowest BCUT2D eigenvalue weighted by Gasteiger charge is -2.45. The Kier molecular flexibility index (Phi) is 4.08. The molecular weight excluding hydrogens is 214 g/mol. The average molecular weight is 241 g/mol. The van der Waals surface area contributed by atoms with E-state index in [1.807, 2.05) is 6.92 Å². The molecule has 0 aromatic heterocycles. The van der Waals surface area contributed by atoms with Crippen LogP contribution >= 0.6 is 0 Å². The fraction of sp³-hybridized carbons (Fsp3) is 1.00. The van der Waals surface area contributed by atoms with Crippen molar-refractivity contribution in [2.45, 2.75) is 32.4 Å². The van der Waals surface area contributed by atoms with Gasteiger partial charge in [0, 0.05) is 51.9 Å². The lowest BCUT2D eigenvalue weighted by Crippen LogP contribution is -2.62. The molecule has 2 aliphatic heterocycles. The van der Waals surface area contributed by atoms with Gasteiger partial charge >= 0.3 is 0 Å². The highest BCUT2D eigenvalue weighted by atomic mass is 16.3. The second-order valence-electron chi connectivity index (χ2n) is 6.14. The van der Waals surface area contributed by atoms with Crippen LogP contribution in [0.15, 0.2) is 0 Å². The van der Waals surface area contributed by atoms with Crippen molar-refractivity contribution < 1.29 is 5.11 Å². The molecule has 1 atom stereocenters. The van der Waals surface area contributed by atoms with E-state index in [0.717, 1.165) is 51.9 Å². The van der Waals surface area contributed by atoms with Crippen LogP contribution in [-0.2, 0) is 0 Å². The molecule has 2 rings (SSSR count). The van der Waals surface area contributed by atoms with Crippen LogP contribution in [0.3, 0.4) is 0 Å². The van der Waals surface area contributed by atoms with E-state index >= 15 is 0 Å². The summed E-state index contributed by atoms with van der Waals surface area (Å²) in [5.41, 5.74) is -0.555. The predicted octanol–water partition coefficient (Wildman–Crippen LogP) is -0.0172. The molecule has 1 unspecified atom stereocenters. The van der Waals surface area contributed by atoms with Crippen molar-refractivity contribution in [3.8, 4) is 0 Å². The SMILES string of the molecule is CC(C)C(C)(O)CN1CCN(C2CNC2)CC1. The zero-order valence-electron chi connectivity index (χ0n) is 11.4. The number of piperazine rings is 1.